The van der Waals surface area contributed by atoms with Crippen LogP contribution in [0.15, 0.2) is 30.3 Å². The summed E-state index contributed by atoms with van der Waals surface area (Å²) < 4.78 is 0. The summed E-state index contributed by atoms with van der Waals surface area (Å²) in [5.74, 6) is 0.833. The van der Waals surface area contributed by atoms with Crippen LogP contribution in [0.25, 0.3) is 5.57 Å². The van der Waals surface area contributed by atoms with E-state index in [0.29, 0.717) is 5.41 Å². The molecular formula is C16H21. The van der Waals surface area contributed by atoms with Gasteiger partial charge in [-0.05, 0) is 47.8 Å². The van der Waals surface area contributed by atoms with E-state index in [1.807, 2.05) is 12.1 Å². The van der Waals surface area contributed by atoms with Crippen LogP contribution in [0.5, 0.6) is 0 Å². The third kappa shape index (κ3) is 2.55. The zero-order valence-corrected chi connectivity index (χ0v) is 10.6. The number of hydrogen-bond donors (Lipinski definition) is 0. The van der Waals surface area contributed by atoms with Gasteiger partial charge in [0.15, 0.2) is 0 Å². The first-order valence-corrected chi connectivity index (χ1v) is 6.23. The molecule has 0 fully saturated rings. The second kappa shape index (κ2) is 4.45. The van der Waals surface area contributed by atoms with Crippen molar-refractivity contribution in [1.82, 2.24) is 0 Å². The van der Waals surface area contributed by atoms with Gasteiger partial charge in [-0.1, -0.05) is 51.1 Å². The zero-order chi connectivity index (χ0) is 11.6. The normalized spacial score (nSPS) is 21.7. The molecule has 2 rings (SSSR count). The first-order valence-electron chi connectivity index (χ1n) is 6.23. The Morgan fingerprint density at radius 3 is 2.56 bits per heavy atom. The van der Waals surface area contributed by atoms with Crippen LogP contribution in [-0.2, 0) is 0 Å². The first kappa shape index (κ1) is 11.4. The Balaban J connectivity index is 2.10. The lowest BCUT2D eigenvalue weighted by atomic mass is 9.72. The molecule has 1 aliphatic carbocycles. The van der Waals surface area contributed by atoms with Crippen molar-refractivity contribution >= 4 is 5.57 Å². The molecule has 0 amide bonds. The smallest absolute Gasteiger partial charge is 0.0103 e. The molecule has 0 saturated carbocycles. The van der Waals surface area contributed by atoms with Gasteiger partial charge in [-0.25, -0.2) is 0 Å². The van der Waals surface area contributed by atoms with Gasteiger partial charge in [-0.3, -0.25) is 0 Å². The van der Waals surface area contributed by atoms with Crippen LogP contribution in [-0.4, -0.2) is 0 Å². The summed E-state index contributed by atoms with van der Waals surface area (Å²) in [7, 11) is 0. The molecule has 0 nitrogen and oxygen atoms in total. The quantitative estimate of drug-likeness (QED) is 0.633. The van der Waals surface area contributed by atoms with Crippen molar-refractivity contribution < 1.29 is 0 Å². The second-order valence-corrected chi connectivity index (χ2v) is 5.84. The number of benzene rings is 1. The molecular weight excluding hydrogens is 192 g/mol. The average Bonchev–Trinajstić information content (AvgIpc) is 2.29. The standard InChI is InChI=1S/C16H21/c1-16(2,3)15-11-9-14(10-12-15)13-7-5-4-6-8-13/h4-7,9,15H,10-12H2,1-3H3/t15-/m0/s1. The van der Waals surface area contributed by atoms with Crippen molar-refractivity contribution in [3.05, 3.63) is 42.0 Å². The highest BCUT2D eigenvalue weighted by atomic mass is 14.3. The van der Waals surface area contributed by atoms with Crippen LogP contribution in [0.4, 0.5) is 0 Å². The minimum atomic E-state index is 0.447. The highest BCUT2D eigenvalue weighted by Crippen LogP contribution is 2.39. The Hall–Kier alpha value is -1.04. The van der Waals surface area contributed by atoms with Crippen LogP contribution >= 0.6 is 0 Å². The van der Waals surface area contributed by atoms with Gasteiger partial charge in [0, 0.05) is 0 Å². The molecule has 1 aromatic rings. The van der Waals surface area contributed by atoms with Crippen LogP contribution < -0.4 is 0 Å². The molecule has 1 aromatic carbocycles. The molecule has 0 aliphatic heterocycles. The molecule has 0 bridgehead atoms. The van der Waals surface area contributed by atoms with E-state index in [1.165, 1.54) is 30.4 Å². The fraction of sp³-hybridized carbons (Fsp3) is 0.500. The number of hydrogen-bond acceptors (Lipinski definition) is 0. The van der Waals surface area contributed by atoms with Crippen LogP contribution in [0, 0.1) is 17.4 Å². The van der Waals surface area contributed by atoms with Gasteiger partial charge >= 0.3 is 0 Å². The lowest BCUT2D eigenvalue weighted by Gasteiger charge is -2.33. The van der Waals surface area contributed by atoms with Crippen LogP contribution in [0.2, 0.25) is 0 Å². The SMILES string of the molecule is CC(C)(C)[C@H]1CC=C(c2[c]cccc2)CC1. The fourth-order valence-corrected chi connectivity index (χ4v) is 2.46. The number of allylic oxidation sites excluding steroid dienone is 2. The monoisotopic (exact) mass is 213 g/mol. The molecule has 85 valence electrons. The van der Waals surface area contributed by atoms with Gasteiger partial charge in [0.05, 0.1) is 0 Å². The van der Waals surface area contributed by atoms with Gasteiger partial charge in [0.1, 0.15) is 0 Å². The Morgan fingerprint density at radius 2 is 2.06 bits per heavy atom. The summed E-state index contributed by atoms with van der Waals surface area (Å²) in [6, 6.07) is 11.6. The van der Waals surface area contributed by atoms with Gasteiger partial charge in [-0.2, -0.15) is 0 Å². The van der Waals surface area contributed by atoms with Gasteiger partial charge in [-0.15, -0.1) is 0 Å². The maximum Gasteiger partial charge on any atom is -0.0103 e. The summed E-state index contributed by atoms with van der Waals surface area (Å²) >= 11 is 0. The Morgan fingerprint density at radius 1 is 1.25 bits per heavy atom. The van der Waals surface area contributed by atoms with Crippen LogP contribution in [0.1, 0.15) is 45.6 Å². The maximum atomic E-state index is 3.32. The minimum Gasteiger partial charge on any atom is -0.0804 e. The third-order valence-electron chi connectivity index (χ3n) is 3.69. The van der Waals surface area contributed by atoms with Crippen molar-refractivity contribution in [3.63, 3.8) is 0 Å². The van der Waals surface area contributed by atoms with E-state index in [9.17, 15) is 0 Å². The van der Waals surface area contributed by atoms with Crippen molar-refractivity contribution in [2.24, 2.45) is 11.3 Å². The third-order valence-corrected chi connectivity index (χ3v) is 3.69. The molecule has 1 atom stereocenters. The molecule has 1 radical (unpaired) electrons. The molecule has 0 saturated heterocycles. The lowest BCUT2D eigenvalue weighted by Crippen LogP contribution is -2.21. The molecule has 1 aliphatic rings. The molecule has 0 spiro atoms. The van der Waals surface area contributed by atoms with Crippen LogP contribution in [0.3, 0.4) is 0 Å². The van der Waals surface area contributed by atoms with Crippen molar-refractivity contribution in [3.8, 4) is 0 Å². The highest BCUT2D eigenvalue weighted by Gasteiger charge is 2.26. The molecule has 0 aromatic heterocycles. The van der Waals surface area contributed by atoms with E-state index in [4.69, 9.17) is 0 Å². The summed E-state index contributed by atoms with van der Waals surface area (Å²) in [6.07, 6.45) is 6.17. The predicted octanol–water partition coefficient (Wildman–Crippen LogP) is 4.72. The largest absolute Gasteiger partial charge is 0.0804 e. The summed E-state index contributed by atoms with van der Waals surface area (Å²) in [4.78, 5) is 0. The second-order valence-electron chi connectivity index (χ2n) is 5.84. The Bertz CT molecular complexity index is 365. The summed E-state index contributed by atoms with van der Waals surface area (Å²) in [5.41, 5.74) is 3.22. The predicted molar refractivity (Wildman–Crippen MR) is 70.1 cm³/mol. The fourth-order valence-electron chi connectivity index (χ4n) is 2.46. The highest BCUT2D eigenvalue weighted by molar-refractivity contribution is 5.65. The van der Waals surface area contributed by atoms with Gasteiger partial charge in [0.25, 0.3) is 0 Å². The molecule has 0 heteroatoms. The van der Waals surface area contributed by atoms with E-state index >= 15 is 0 Å². The lowest BCUT2D eigenvalue weighted by molar-refractivity contribution is 0.225. The maximum absolute atomic E-state index is 3.32. The van der Waals surface area contributed by atoms with Crippen molar-refractivity contribution in [1.29, 1.82) is 0 Å². The van der Waals surface area contributed by atoms with Gasteiger partial charge in [0.2, 0.25) is 0 Å². The molecule has 0 N–H and O–H groups in total. The van der Waals surface area contributed by atoms with Crippen molar-refractivity contribution in [2.45, 2.75) is 40.0 Å². The minimum absolute atomic E-state index is 0.447. The van der Waals surface area contributed by atoms with E-state index in [2.05, 4.69) is 45.0 Å². The molecule has 0 heterocycles. The molecule has 0 unspecified atom stereocenters. The Labute approximate surface area is 99.4 Å². The Kier molecular flexibility index (Phi) is 3.18. The van der Waals surface area contributed by atoms with Crippen molar-refractivity contribution in [2.75, 3.05) is 0 Å². The average molecular weight is 213 g/mol. The van der Waals surface area contributed by atoms with E-state index in [-0.39, 0.29) is 0 Å². The van der Waals surface area contributed by atoms with E-state index < -0.39 is 0 Å². The molecule has 16 heavy (non-hydrogen) atoms. The number of rotatable bonds is 1. The van der Waals surface area contributed by atoms with Gasteiger partial charge < -0.3 is 0 Å². The summed E-state index contributed by atoms with van der Waals surface area (Å²) in [5, 5.41) is 0. The summed E-state index contributed by atoms with van der Waals surface area (Å²) in [6.45, 7) is 7.06. The van der Waals surface area contributed by atoms with E-state index in [1.54, 1.807) is 0 Å². The van der Waals surface area contributed by atoms with E-state index in [0.717, 1.165) is 5.92 Å². The topological polar surface area (TPSA) is 0 Å². The first-order chi connectivity index (χ1) is 7.57. The zero-order valence-electron chi connectivity index (χ0n) is 10.6.